The molecule has 3 N–H and O–H groups in total. The van der Waals surface area contributed by atoms with E-state index in [4.69, 9.17) is 5.73 Å². The maximum atomic E-state index is 11.6. The summed E-state index contributed by atoms with van der Waals surface area (Å²) in [6.45, 7) is 9.60. The van der Waals surface area contributed by atoms with Crippen molar-refractivity contribution in [2.45, 2.75) is 45.9 Å². The fraction of sp³-hybridized carbons (Fsp3) is 1.00. The zero-order valence-electron chi connectivity index (χ0n) is 9.66. The quantitative estimate of drug-likeness (QED) is 0.735. The molecule has 0 heterocycles. The van der Waals surface area contributed by atoms with E-state index < -0.39 is 15.3 Å². The summed E-state index contributed by atoms with van der Waals surface area (Å²) in [5.74, 6) is 0. The van der Waals surface area contributed by atoms with Gasteiger partial charge in [0.25, 0.3) is 0 Å². The molecule has 2 unspecified atom stereocenters. The molecular formula is C9H22N2O2S. The Morgan fingerprint density at radius 3 is 2.00 bits per heavy atom. The van der Waals surface area contributed by atoms with Crippen LogP contribution in [-0.4, -0.2) is 26.3 Å². The van der Waals surface area contributed by atoms with Gasteiger partial charge in [0.1, 0.15) is 0 Å². The van der Waals surface area contributed by atoms with E-state index in [1.807, 2.05) is 27.7 Å². The Morgan fingerprint density at radius 2 is 1.71 bits per heavy atom. The van der Waals surface area contributed by atoms with Crippen molar-refractivity contribution in [3.05, 3.63) is 0 Å². The number of hydrogen-bond donors (Lipinski definition) is 2. The molecule has 0 fully saturated rings. The van der Waals surface area contributed by atoms with Crippen LogP contribution < -0.4 is 10.5 Å². The smallest absolute Gasteiger partial charge is 0.215 e. The van der Waals surface area contributed by atoms with Gasteiger partial charge >= 0.3 is 0 Å². The molecule has 0 saturated carbocycles. The third-order valence-electron chi connectivity index (χ3n) is 2.50. The molecule has 0 saturated heterocycles. The lowest BCUT2D eigenvalue weighted by Gasteiger charge is -2.28. The number of sulfonamides is 1. The van der Waals surface area contributed by atoms with Gasteiger partial charge in [0, 0.05) is 12.6 Å². The lowest BCUT2D eigenvalue weighted by atomic mass is 9.89. The summed E-state index contributed by atoms with van der Waals surface area (Å²) in [7, 11) is -3.27. The van der Waals surface area contributed by atoms with E-state index in [2.05, 4.69) is 4.72 Å². The highest BCUT2D eigenvalue weighted by molar-refractivity contribution is 7.90. The molecule has 86 valence electrons. The van der Waals surface area contributed by atoms with Gasteiger partial charge < -0.3 is 5.73 Å². The van der Waals surface area contributed by atoms with E-state index in [9.17, 15) is 8.42 Å². The lowest BCUT2D eigenvalue weighted by molar-refractivity contribution is 0.317. The van der Waals surface area contributed by atoms with E-state index in [1.54, 1.807) is 6.92 Å². The van der Waals surface area contributed by atoms with E-state index >= 15 is 0 Å². The molecule has 0 spiro atoms. The van der Waals surface area contributed by atoms with Gasteiger partial charge in [0.05, 0.1) is 5.25 Å². The van der Waals surface area contributed by atoms with Crippen molar-refractivity contribution in [3.63, 3.8) is 0 Å². The summed E-state index contributed by atoms with van der Waals surface area (Å²) >= 11 is 0. The minimum atomic E-state index is -3.27. The predicted molar refractivity (Wildman–Crippen MR) is 59.5 cm³/mol. The van der Waals surface area contributed by atoms with Crippen molar-refractivity contribution in [2.24, 2.45) is 11.1 Å². The van der Waals surface area contributed by atoms with Crippen LogP contribution in [-0.2, 0) is 10.0 Å². The Labute approximate surface area is 87.3 Å². The van der Waals surface area contributed by atoms with E-state index in [0.29, 0.717) is 0 Å². The molecule has 0 aliphatic carbocycles. The normalized spacial score (nSPS) is 17.9. The second kappa shape index (κ2) is 4.59. The summed E-state index contributed by atoms with van der Waals surface area (Å²) in [6.07, 6.45) is 0. The minimum Gasteiger partial charge on any atom is -0.329 e. The zero-order valence-corrected chi connectivity index (χ0v) is 10.5. The highest BCUT2D eigenvalue weighted by Crippen LogP contribution is 2.19. The van der Waals surface area contributed by atoms with Crippen molar-refractivity contribution in [1.82, 2.24) is 4.72 Å². The van der Waals surface area contributed by atoms with E-state index in [1.165, 1.54) is 0 Å². The molecule has 0 aromatic rings. The second-order valence-corrected chi connectivity index (χ2v) is 6.93. The molecule has 0 aromatic heterocycles. The van der Waals surface area contributed by atoms with Crippen LogP contribution in [0.15, 0.2) is 0 Å². The lowest BCUT2D eigenvalue weighted by Crippen LogP contribution is -2.46. The molecule has 14 heavy (non-hydrogen) atoms. The molecule has 0 rings (SSSR count). The largest absolute Gasteiger partial charge is 0.329 e. The Balaban J connectivity index is 4.54. The molecule has 0 amide bonds. The summed E-state index contributed by atoms with van der Waals surface area (Å²) in [5, 5.41) is -0.535. The van der Waals surface area contributed by atoms with Crippen LogP contribution >= 0.6 is 0 Å². The molecule has 5 heteroatoms. The first-order valence-corrected chi connectivity index (χ1v) is 6.37. The molecule has 4 nitrogen and oxygen atoms in total. The van der Waals surface area contributed by atoms with Crippen molar-refractivity contribution in [2.75, 3.05) is 6.54 Å². The summed E-state index contributed by atoms with van der Waals surface area (Å²) in [5.41, 5.74) is 5.24. The van der Waals surface area contributed by atoms with Gasteiger partial charge in [-0.3, -0.25) is 0 Å². The van der Waals surface area contributed by atoms with Crippen LogP contribution in [0.1, 0.15) is 34.6 Å². The van der Waals surface area contributed by atoms with E-state index in [-0.39, 0.29) is 18.0 Å². The van der Waals surface area contributed by atoms with Gasteiger partial charge in [-0.2, -0.15) is 0 Å². The van der Waals surface area contributed by atoms with Gasteiger partial charge in [-0.25, -0.2) is 13.1 Å². The van der Waals surface area contributed by atoms with Crippen LogP contribution in [0.5, 0.6) is 0 Å². The van der Waals surface area contributed by atoms with Gasteiger partial charge in [-0.1, -0.05) is 20.8 Å². The van der Waals surface area contributed by atoms with Crippen LogP contribution in [0.25, 0.3) is 0 Å². The summed E-state index contributed by atoms with van der Waals surface area (Å²) < 4.78 is 25.9. The molecule has 0 bridgehead atoms. The Morgan fingerprint density at radius 1 is 1.29 bits per heavy atom. The van der Waals surface area contributed by atoms with Crippen molar-refractivity contribution in [1.29, 1.82) is 0 Å². The topological polar surface area (TPSA) is 72.2 Å². The van der Waals surface area contributed by atoms with Gasteiger partial charge in [-0.05, 0) is 19.3 Å². The first-order chi connectivity index (χ1) is 6.11. The number of hydrogen-bond acceptors (Lipinski definition) is 3. The Kier molecular flexibility index (Phi) is 4.55. The third kappa shape index (κ3) is 3.94. The molecule has 0 aliphatic rings. The van der Waals surface area contributed by atoms with Crippen LogP contribution in [0, 0.1) is 5.41 Å². The maximum Gasteiger partial charge on any atom is 0.215 e. The van der Waals surface area contributed by atoms with Gasteiger partial charge in [0.2, 0.25) is 10.0 Å². The predicted octanol–water partition coefficient (Wildman–Crippen LogP) is 0.688. The fourth-order valence-corrected chi connectivity index (χ4v) is 2.00. The standard InChI is InChI=1S/C9H22N2O2S/c1-7(6-10)14(12,13)11-8(2)9(3,4)5/h7-8,11H,6,10H2,1-5H3. The zero-order chi connectivity index (χ0) is 11.6. The molecule has 2 atom stereocenters. The van der Waals surface area contributed by atoms with Crippen molar-refractivity contribution >= 4 is 10.0 Å². The van der Waals surface area contributed by atoms with Crippen LogP contribution in [0.2, 0.25) is 0 Å². The molecule has 0 radical (unpaired) electrons. The second-order valence-electron chi connectivity index (χ2n) is 4.80. The summed E-state index contributed by atoms with van der Waals surface area (Å²) in [4.78, 5) is 0. The highest BCUT2D eigenvalue weighted by atomic mass is 32.2. The maximum absolute atomic E-state index is 11.6. The van der Waals surface area contributed by atoms with Crippen LogP contribution in [0.3, 0.4) is 0 Å². The number of nitrogens with two attached hydrogens (primary N) is 1. The average molecular weight is 222 g/mol. The number of nitrogens with one attached hydrogen (secondary N) is 1. The minimum absolute atomic E-state index is 0.0820. The van der Waals surface area contributed by atoms with Crippen molar-refractivity contribution < 1.29 is 8.42 Å². The van der Waals surface area contributed by atoms with Crippen molar-refractivity contribution in [3.8, 4) is 0 Å². The monoisotopic (exact) mass is 222 g/mol. The molecular weight excluding hydrogens is 200 g/mol. The van der Waals surface area contributed by atoms with Crippen LogP contribution in [0.4, 0.5) is 0 Å². The Bertz CT molecular complexity index is 267. The third-order valence-corrected chi connectivity index (χ3v) is 4.44. The SMILES string of the molecule is CC(NS(=O)(=O)C(C)CN)C(C)(C)C. The first kappa shape index (κ1) is 13.9. The van der Waals surface area contributed by atoms with Gasteiger partial charge in [0.15, 0.2) is 0 Å². The first-order valence-electron chi connectivity index (χ1n) is 4.82. The molecule has 0 aromatic carbocycles. The average Bonchev–Trinajstić information content (AvgIpc) is 2.00. The highest BCUT2D eigenvalue weighted by Gasteiger charge is 2.27. The Hall–Kier alpha value is -0.130. The number of rotatable bonds is 4. The summed E-state index contributed by atoms with van der Waals surface area (Å²) in [6, 6.07) is -0.0958. The molecule has 0 aliphatic heterocycles. The van der Waals surface area contributed by atoms with Gasteiger partial charge in [-0.15, -0.1) is 0 Å². The van der Waals surface area contributed by atoms with E-state index in [0.717, 1.165) is 0 Å². The fourth-order valence-electron chi connectivity index (χ4n) is 0.666.